The number of carbonyl (C=O) groups is 3. The molecule has 0 aromatic heterocycles. The average Bonchev–Trinajstić information content (AvgIpc) is 2.89. The van der Waals surface area contributed by atoms with Gasteiger partial charge >= 0.3 is 5.97 Å². The number of esters is 1. The number of nitrogens with zero attached hydrogens (tertiary/aromatic N) is 1. The Morgan fingerprint density at radius 2 is 1.71 bits per heavy atom. The SMILES string of the molecule is COC(=O)[C@@H](Cc1ccccc1)NC(=O)CN1C(=O)c2ccccc2S1(=O)=O. The lowest BCUT2D eigenvalue weighted by atomic mass is 10.1. The number of methoxy groups -OCH3 is 1. The Bertz CT molecular complexity index is 1020. The molecule has 0 aliphatic carbocycles. The van der Waals surface area contributed by atoms with Crippen LogP contribution in [0, 0.1) is 0 Å². The lowest BCUT2D eigenvalue weighted by molar-refractivity contribution is -0.145. The highest BCUT2D eigenvalue weighted by Gasteiger charge is 2.42. The number of rotatable bonds is 6. The van der Waals surface area contributed by atoms with E-state index in [2.05, 4.69) is 5.32 Å². The summed E-state index contributed by atoms with van der Waals surface area (Å²) in [6, 6.07) is 13.7. The van der Waals surface area contributed by atoms with Gasteiger partial charge in [0.1, 0.15) is 17.5 Å². The van der Waals surface area contributed by atoms with E-state index in [-0.39, 0.29) is 16.9 Å². The Morgan fingerprint density at radius 1 is 1.07 bits per heavy atom. The highest BCUT2D eigenvalue weighted by atomic mass is 32.2. The standard InChI is InChI=1S/C19H18N2O6S/c1-27-19(24)15(11-13-7-3-2-4-8-13)20-17(22)12-21-18(23)14-9-5-6-10-16(14)28(21,25)26/h2-10,15H,11-12H2,1H3,(H,20,22)/t15-/m1/s1. The van der Waals surface area contributed by atoms with Crippen LogP contribution >= 0.6 is 0 Å². The third kappa shape index (κ3) is 3.74. The molecule has 0 radical (unpaired) electrons. The molecule has 8 nitrogen and oxygen atoms in total. The highest BCUT2D eigenvalue weighted by Crippen LogP contribution is 2.29. The number of benzene rings is 2. The maximum absolute atomic E-state index is 12.5. The van der Waals surface area contributed by atoms with Gasteiger partial charge in [-0.25, -0.2) is 17.5 Å². The monoisotopic (exact) mass is 402 g/mol. The van der Waals surface area contributed by atoms with Crippen LogP contribution < -0.4 is 5.32 Å². The molecule has 1 atom stereocenters. The van der Waals surface area contributed by atoms with E-state index in [1.165, 1.54) is 25.3 Å². The van der Waals surface area contributed by atoms with Crippen molar-refractivity contribution in [2.75, 3.05) is 13.7 Å². The fourth-order valence-electron chi connectivity index (χ4n) is 2.94. The fourth-order valence-corrected chi connectivity index (χ4v) is 4.47. The Kier molecular flexibility index (Phi) is 5.46. The van der Waals surface area contributed by atoms with Gasteiger partial charge in [0.2, 0.25) is 5.91 Å². The van der Waals surface area contributed by atoms with Crippen molar-refractivity contribution in [2.45, 2.75) is 17.4 Å². The smallest absolute Gasteiger partial charge is 0.328 e. The summed E-state index contributed by atoms with van der Waals surface area (Å²) in [4.78, 5) is 36.7. The van der Waals surface area contributed by atoms with E-state index in [1.54, 1.807) is 30.3 Å². The second-order valence-electron chi connectivity index (χ2n) is 6.15. The molecule has 0 fully saturated rings. The van der Waals surface area contributed by atoms with Crippen molar-refractivity contribution in [3.8, 4) is 0 Å². The molecule has 146 valence electrons. The van der Waals surface area contributed by atoms with Gasteiger partial charge in [-0.05, 0) is 17.7 Å². The molecule has 2 aromatic rings. The number of sulfonamides is 1. The van der Waals surface area contributed by atoms with Gasteiger partial charge in [-0.1, -0.05) is 42.5 Å². The second-order valence-corrected chi connectivity index (χ2v) is 7.98. The summed E-state index contributed by atoms with van der Waals surface area (Å²) in [6.45, 7) is -0.724. The van der Waals surface area contributed by atoms with Gasteiger partial charge in [-0.15, -0.1) is 0 Å². The zero-order valence-electron chi connectivity index (χ0n) is 15.0. The van der Waals surface area contributed by atoms with E-state index in [0.717, 1.165) is 5.56 Å². The Balaban J connectivity index is 1.75. The summed E-state index contributed by atoms with van der Waals surface area (Å²) >= 11 is 0. The molecule has 2 aromatic carbocycles. The summed E-state index contributed by atoms with van der Waals surface area (Å²) in [7, 11) is -2.91. The van der Waals surface area contributed by atoms with Crippen molar-refractivity contribution in [3.05, 3.63) is 65.7 Å². The first-order chi connectivity index (χ1) is 13.3. The minimum Gasteiger partial charge on any atom is -0.467 e. The number of carbonyl (C=O) groups excluding carboxylic acids is 3. The molecule has 9 heteroatoms. The maximum Gasteiger partial charge on any atom is 0.328 e. The molecule has 28 heavy (non-hydrogen) atoms. The first-order valence-electron chi connectivity index (χ1n) is 8.42. The molecule has 2 amide bonds. The van der Waals surface area contributed by atoms with Crippen molar-refractivity contribution < 1.29 is 27.5 Å². The lowest BCUT2D eigenvalue weighted by Crippen LogP contribution is -2.48. The van der Waals surface area contributed by atoms with E-state index in [1.807, 2.05) is 6.07 Å². The Morgan fingerprint density at radius 3 is 2.36 bits per heavy atom. The first-order valence-corrected chi connectivity index (χ1v) is 9.86. The molecule has 1 heterocycles. The van der Waals surface area contributed by atoms with Crippen LogP contribution in [-0.4, -0.2) is 50.2 Å². The quantitative estimate of drug-likeness (QED) is 0.714. The van der Waals surface area contributed by atoms with Crippen molar-refractivity contribution in [1.29, 1.82) is 0 Å². The van der Waals surface area contributed by atoms with Crippen LogP contribution in [0.2, 0.25) is 0 Å². The van der Waals surface area contributed by atoms with Crippen molar-refractivity contribution in [2.24, 2.45) is 0 Å². The van der Waals surface area contributed by atoms with Gasteiger partial charge in [0.05, 0.1) is 12.7 Å². The average molecular weight is 402 g/mol. The van der Waals surface area contributed by atoms with Crippen LogP contribution in [0.1, 0.15) is 15.9 Å². The van der Waals surface area contributed by atoms with E-state index < -0.39 is 40.4 Å². The molecule has 3 rings (SSSR count). The van der Waals surface area contributed by atoms with Gasteiger partial charge in [-0.3, -0.25) is 9.59 Å². The molecule has 0 saturated carbocycles. The van der Waals surface area contributed by atoms with E-state index in [0.29, 0.717) is 4.31 Å². The summed E-state index contributed by atoms with van der Waals surface area (Å²) in [6.07, 6.45) is 0.167. The highest BCUT2D eigenvalue weighted by molar-refractivity contribution is 7.90. The van der Waals surface area contributed by atoms with Crippen LogP contribution in [0.5, 0.6) is 0 Å². The first kappa shape index (κ1) is 19.6. The number of fused-ring (bicyclic) bond motifs is 1. The van der Waals surface area contributed by atoms with Gasteiger partial charge in [0, 0.05) is 6.42 Å². The summed E-state index contributed by atoms with van der Waals surface area (Å²) in [5, 5.41) is 2.46. The molecule has 0 bridgehead atoms. The summed E-state index contributed by atoms with van der Waals surface area (Å²) in [5.41, 5.74) is 0.805. The third-order valence-corrected chi connectivity index (χ3v) is 6.09. The minimum atomic E-state index is -4.10. The fraction of sp³-hybridized carbons (Fsp3) is 0.211. The Hall–Kier alpha value is -3.20. The topological polar surface area (TPSA) is 110 Å². The minimum absolute atomic E-state index is 0.0177. The van der Waals surface area contributed by atoms with Gasteiger partial charge < -0.3 is 10.1 Å². The van der Waals surface area contributed by atoms with E-state index in [9.17, 15) is 22.8 Å². The van der Waals surface area contributed by atoms with Crippen LogP contribution in [-0.2, 0) is 30.8 Å². The van der Waals surface area contributed by atoms with E-state index in [4.69, 9.17) is 4.74 Å². The van der Waals surface area contributed by atoms with Gasteiger partial charge in [0.15, 0.2) is 0 Å². The number of ether oxygens (including phenoxy) is 1. The molecule has 1 aliphatic rings. The predicted octanol–water partition coefficient (Wildman–Crippen LogP) is 0.732. The van der Waals surface area contributed by atoms with Crippen LogP contribution in [0.15, 0.2) is 59.5 Å². The zero-order valence-corrected chi connectivity index (χ0v) is 15.8. The molecule has 0 unspecified atom stereocenters. The van der Waals surface area contributed by atoms with Crippen molar-refractivity contribution in [1.82, 2.24) is 9.62 Å². The van der Waals surface area contributed by atoms with Crippen molar-refractivity contribution >= 4 is 27.8 Å². The number of nitrogens with one attached hydrogen (secondary N) is 1. The zero-order chi connectivity index (χ0) is 20.3. The molecule has 1 aliphatic heterocycles. The van der Waals surface area contributed by atoms with E-state index >= 15 is 0 Å². The summed E-state index contributed by atoms with van der Waals surface area (Å²) < 4.78 is 30.3. The Labute approximate surface area is 162 Å². The molecule has 1 N–H and O–H groups in total. The molecule has 0 saturated heterocycles. The number of amides is 2. The predicted molar refractivity (Wildman–Crippen MR) is 98.8 cm³/mol. The number of hydrogen-bond acceptors (Lipinski definition) is 6. The van der Waals surface area contributed by atoms with Crippen molar-refractivity contribution in [3.63, 3.8) is 0 Å². The maximum atomic E-state index is 12.5. The van der Waals surface area contributed by atoms with Crippen LogP contribution in [0.3, 0.4) is 0 Å². The molecule has 0 spiro atoms. The van der Waals surface area contributed by atoms with Gasteiger partial charge in [0.25, 0.3) is 15.9 Å². The van der Waals surface area contributed by atoms with Crippen LogP contribution in [0.4, 0.5) is 0 Å². The normalized spacial score (nSPS) is 15.6. The number of hydrogen-bond donors (Lipinski definition) is 1. The molecular weight excluding hydrogens is 384 g/mol. The second kappa shape index (κ2) is 7.81. The van der Waals surface area contributed by atoms with Crippen LogP contribution in [0.25, 0.3) is 0 Å². The largest absolute Gasteiger partial charge is 0.467 e. The van der Waals surface area contributed by atoms with Gasteiger partial charge in [-0.2, -0.15) is 0 Å². The third-order valence-electron chi connectivity index (χ3n) is 4.30. The summed E-state index contributed by atoms with van der Waals surface area (Å²) in [5.74, 6) is -2.23. The molecular formula is C19H18N2O6S. The lowest BCUT2D eigenvalue weighted by Gasteiger charge is -2.19.